The van der Waals surface area contributed by atoms with Crippen molar-refractivity contribution in [3.05, 3.63) is 0 Å². The quantitative estimate of drug-likeness (QED) is 0.128. The van der Waals surface area contributed by atoms with Gasteiger partial charge in [0.2, 0.25) is 0 Å². The van der Waals surface area contributed by atoms with E-state index in [1.165, 1.54) is 0 Å². The molecule has 226 valence electrons. The van der Waals surface area contributed by atoms with E-state index in [1.54, 1.807) is 0 Å². The first-order chi connectivity index (χ1) is 15.1. The number of phosphoric acid groups is 6. The summed E-state index contributed by atoms with van der Waals surface area (Å²) in [6.45, 7) is 0. The lowest BCUT2D eigenvalue weighted by atomic mass is 9.98. The Labute approximate surface area is 201 Å². The van der Waals surface area contributed by atoms with Crippen molar-refractivity contribution in [1.82, 2.24) is 0 Å². The van der Waals surface area contributed by atoms with Crippen molar-refractivity contribution < 1.29 is 115 Å². The standard InChI is InChI=1S/C6H13O4P.5H3O4P/c7-11(8,9)10-6-4-2-1-3-5-6;5*1-5(2,3)4/h6H,1-5H2,(H2,7,8,9);5*(H3,1,2,3,4). The Morgan fingerprint density at radius 2 is 0.556 bits per heavy atom. The molecule has 0 radical (unpaired) electrons. The summed E-state index contributed by atoms with van der Waals surface area (Å²) < 4.78 is 59.3. The summed E-state index contributed by atoms with van der Waals surface area (Å²) in [5, 5.41) is 0. The average Bonchev–Trinajstić information content (AvgIpc) is 2.36. The highest BCUT2D eigenvalue weighted by molar-refractivity contribution is 7.46. The van der Waals surface area contributed by atoms with Crippen molar-refractivity contribution in [2.24, 2.45) is 0 Å². The van der Waals surface area contributed by atoms with Crippen molar-refractivity contribution in [3.8, 4) is 0 Å². The zero-order chi connectivity index (χ0) is 30.8. The van der Waals surface area contributed by atoms with Crippen molar-refractivity contribution in [2.75, 3.05) is 0 Å². The van der Waals surface area contributed by atoms with Crippen molar-refractivity contribution >= 4 is 46.9 Å². The molecule has 30 heteroatoms. The van der Waals surface area contributed by atoms with Gasteiger partial charge in [-0.3, -0.25) is 4.52 Å². The van der Waals surface area contributed by atoms with Crippen LogP contribution < -0.4 is 0 Å². The molecule has 1 rings (SSSR count). The predicted octanol–water partition coefficient (Wildman–Crippen LogP) is -3.21. The number of hydrogen-bond donors (Lipinski definition) is 17. The van der Waals surface area contributed by atoms with Crippen LogP contribution in [-0.2, 0) is 31.9 Å². The molecule has 1 aliphatic carbocycles. The van der Waals surface area contributed by atoms with Crippen molar-refractivity contribution in [2.45, 2.75) is 38.2 Å². The van der Waals surface area contributed by atoms with E-state index in [0.717, 1.165) is 32.1 Å². The highest BCUT2D eigenvalue weighted by Gasteiger charge is 2.23. The Bertz CT molecular complexity index is 653. The van der Waals surface area contributed by atoms with Gasteiger partial charge in [-0.15, -0.1) is 0 Å². The van der Waals surface area contributed by atoms with Crippen LogP contribution in [0, 0.1) is 0 Å². The molecule has 0 bridgehead atoms. The first-order valence-electron chi connectivity index (χ1n) is 7.73. The lowest BCUT2D eigenvalue weighted by Crippen LogP contribution is -2.14. The second-order valence-corrected chi connectivity index (χ2v) is 11.7. The summed E-state index contributed by atoms with van der Waals surface area (Å²) in [7, 11) is -27.4. The molecule has 0 atom stereocenters. The van der Waals surface area contributed by atoms with Crippen LogP contribution >= 0.6 is 46.9 Å². The molecule has 0 unspecified atom stereocenters. The third kappa shape index (κ3) is 210. The van der Waals surface area contributed by atoms with Gasteiger partial charge < -0.3 is 83.2 Å². The monoisotopic (exact) mass is 670 g/mol. The van der Waals surface area contributed by atoms with Crippen LogP contribution in [0.4, 0.5) is 0 Å². The third-order valence-electron chi connectivity index (χ3n) is 1.84. The zero-order valence-corrected chi connectivity index (χ0v) is 22.6. The normalized spacial score (nSPS) is 14.9. The Hall–Kier alpha value is 0.660. The van der Waals surface area contributed by atoms with Crippen LogP contribution in [0.15, 0.2) is 0 Å². The molecule has 0 aliphatic heterocycles. The predicted molar refractivity (Wildman–Crippen MR) is 111 cm³/mol. The minimum Gasteiger partial charge on any atom is -0.303 e. The summed E-state index contributed by atoms with van der Waals surface area (Å²) in [5.74, 6) is 0. The van der Waals surface area contributed by atoms with E-state index in [1.807, 2.05) is 0 Å². The summed E-state index contributed by atoms with van der Waals surface area (Å²) in [5.41, 5.74) is 0. The number of rotatable bonds is 2. The Balaban J connectivity index is -0.000000112. The van der Waals surface area contributed by atoms with Crippen LogP contribution in [0.3, 0.4) is 0 Å². The zero-order valence-electron chi connectivity index (χ0n) is 17.3. The molecule has 0 saturated heterocycles. The fraction of sp³-hybridized carbons (Fsp3) is 1.00. The second kappa shape index (κ2) is 20.5. The van der Waals surface area contributed by atoms with Crippen LogP contribution in [-0.4, -0.2) is 89.3 Å². The van der Waals surface area contributed by atoms with E-state index in [4.69, 9.17) is 106 Å². The highest BCUT2D eigenvalue weighted by atomic mass is 31.2. The van der Waals surface area contributed by atoms with Gasteiger partial charge in [-0.1, -0.05) is 19.3 Å². The molecule has 0 heterocycles. The highest BCUT2D eigenvalue weighted by Crippen LogP contribution is 2.40. The van der Waals surface area contributed by atoms with E-state index in [-0.39, 0.29) is 6.10 Å². The summed E-state index contributed by atoms with van der Waals surface area (Å²) in [6.07, 6.45) is 4.54. The molecule has 1 saturated carbocycles. The summed E-state index contributed by atoms with van der Waals surface area (Å²) in [6, 6.07) is 0. The largest absolute Gasteiger partial charge is 0.469 e. The Morgan fingerprint density at radius 1 is 0.389 bits per heavy atom. The summed E-state index contributed by atoms with van der Waals surface area (Å²) in [4.78, 5) is 125. The van der Waals surface area contributed by atoms with Gasteiger partial charge in [0.05, 0.1) is 6.10 Å². The molecular weight excluding hydrogens is 642 g/mol. The molecule has 1 aliphatic rings. The molecule has 17 N–H and O–H groups in total. The van der Waals surface area contributed by atoms with Gasteiger partial charge in [0.25, 0.3) is 0 Å². The first-order valence-corrected chi connectivity index (χ1v) is 17.1. The second-order valence-electron chi connectivity index (χ2n) is 5.42. The van der Waals surface area contributed by atoms with Gasteiger partial charge in [0.15, 0.2) is 0 Å². The fourth-order valence-corrected chi connectivity index (χ4v) is 1.96. The van der Waals surface area contributed by atoms with Gasteiger partial charge >= 0.3 is 46.9 Å². The molecule has 36 heavy (non-hydrogen) atoms. The minimum absolute atomic E-state index is 0.218. The molecule has 1 fully saturated rings. The minimum atomic E-state index is -4.64. The summed E-state index contributed by atoms with van der Waals surface area (Å²) >= 11 is 0. The molecule has 0 amide bonds. The molecule has 0 spiro atoms. The molecule has 24 nitrogen and oxygen atoms in total. The molecule has 0 aromatic heterocycles. The third-order valence-corrected chi connectivity index (χ3v) is 2.41. The SMILES string of the molecule is O=P(O)(O)O.O=P(O)(O)O.O=P(O)(O)O.O=P(O)(O)O.O=P(O)(O)O.O=P(O)(O)OC1CCCCC1. The van der Waals surface area contributed by atoms with Crippen LogP contribution in [0.2, 0.25) is 0 Å². The maximum Gasteiger partial charge on any atom is 0.469 e. The van der Waals surface area contributed by atoms with E-state index in [0.29, 0.717) is 0 Å². The Morgan fingerprint density at radius 3 is 0.694 bits per heavy atom. The van der Waals surface area contributed by atoms with Crippen LogP contribution in [0.5, 0.6) is 0 Å². The molecular formula is C6H28O24P6. The topological polar surface area (TPSA) is 456 Å². The first kappa shape index (κ1) is 46.5. The average molecular weight is 670 g/mol. The van der Waals surface area contributed by atoms with Crippen LogP contribution in [0.25, 0.3) is 0 Å². The van der Waals surface area contributed by atoms with Gasteiger partial charge in [-0.2, -0.15) is 0 Å². The number of phosphoric ester groups is 1. The smallest absolute Gasteiger partial charge is 0.303 e. The van der Waals surface area contributed by atoms with E-state index < -0.39 is 46.9 Å². The fourth-order valence-electron chi connectivity index (χ4n) is 1.36. The van der Waals surface area contributed by atoms with Crippen LogP contribution in [0.1, 0.15) is 32.1 Å². The van der Waals surface area contributed by atoms with Crippen molar-refractivity contribution in [3.63, 3.8) is 0 Å². The Kier molecular flexibility index (Phi) is 26.5. The van der Waals surface area contributed by atoms with Gasteiger partial charge in [0.1, 0.15) is 0 Å². The molecule has 0 aromatic carbocycles. The van der Waals surface area contributed by atoms with E-state index in [2.05, 4.69) is 4.52 Å². The van der Waals surface area contributed by atoms with Gasteiger partial charge in [-0.25, -0.2) is 27.4 Å². The van der Waals surface area contributed by atoms with Crippen molar-refractivity contribution in [1.29, 1.82) is 0 Å². The maximum absolute atomic E-state index is 10.4. The number of hydrogen-bond acceptors (Lipinski definition) is 7. The van der Waals surface area contributed by atoms with Gasteiger partial charge in [-0.05, 0) is 12.8 Å². The lowest BCUT2D eigenvalue weighted by molar-refractivity contribution is 0.104. The molecule has 0 aromatic rings. The van der Waals surface area contributed by atoms with E-state index >= 15 is 0 Å². The maximum atomic E-state index is 10.4. The van der Waals surface area contributed by atoms with Gasteiger partial charge in [0, 0.05) is 0 Å². The lowest BCUT2D eigenvalue weighted by Gasteiger charge is -2.21. The van der Waals surface area contributed by atoms with E-state index in [9.17, 15) is 4.57 Å².